The summed E-state index contributed by atoms with van der Waals surface area (Å²) < 4.78 is 1.97. The lowest BCUT2D eigenvalue weighted by Crippen LogP contribution is -2.09. The molecule has 0 saturated heterocycles. The number of hydrogen-bond acceptors (Lipinski definition) is 4. The Balaban J connectivity index is 2.06. The van der Waals surface area contributed by atoms with Gasteiger partial charge in [0.05, 0.1) is 23.8 Å². The summed E-state index contributed by atoms with van der Waals surface area (Å²) in [5.41, 5.74) is 8.58. The number of nitrogens with zero attached hydrogens (tertiary/aromatic N) is 4. The summed E-state index contributed by atoms with van der Waals surface area (Å²) in [6.07, 6.45) is 9.62. The Hall–Kier alpha value is -1.91. The third-order valence-corrected chi connectivity index (χ3v) is 2.90. The number of aryl methyl sites for hydroxylation is 1. The molecule has 0 saturated carbocycles. The van der Waals surface area contributed by atoms with Gasteiger partial charge in [0.2, 0.25) is 5.95 Å². The number of nitrogen functional groups attached to an aromatic ring is 1. The van der Waals surface area contributed by atoms with Crippen LogP contribution in [0.1, 0.15) is 24.2 Å². The zero-order chi connectivity index (χ0) is 11.0. The van der Waals surface area contributed by atoms with Crippen LogP contribution in [-0.4, -0.2) is 19.5 Å². The molecule has 0 bridgehead atoms. The third kappa shape index (κ3) is 1.44. The second-order valence-electron chi connectivity index (χ2n) is 4.03. The van der Waals surface area contributed by atoms with Crippen molar-refractivity contribution in [1.29, 1.82) is 0 Å². The summed E-state index contributed by atoms with van der Waals surface area (Å²) in [6.45, 7) is 0. The first-order chi connectivity index (χ1) is 7.84. The van der Waals surface area contributed by atoms with E-state index in [1.165, 1.54) is 24.2 Å². The van der Waals surface area contributed by atoms with E-state index in [2.05, 4.69) is 15.0 Å². The van der Waals surface area contributed by atoms with Crippen molar-refractivity contribution in [3.8, 4) is 5.95 Å². The number of imidazole rings is 1. The lowest BCUT2D eigenvalue weighted by Gasteiger charge is -2.12. The van der Waals surface area contributed by atoms with Crippen molar-refractivity contribution >= 4 is 5.69 Å². The fourth-order valence-corrected chi connectivity index (χ4v) is 2.10. The Morgan fingerprint density at radius 2 is 1.81 bits per heavy atom. The van der Waals surface area contributed by atoms with E-state index in [0.29, 0.717) is 11.6 Å². The topological polar surface area (TPSA) is 69.6 Å². The first-order valence-electron chi connectivity index (χ1n) is 5.47. The van der Waals surface area contributed by atoms with Crippen LogP contribution in [0.2, 0.25) is 0 Å². The number of rotatable bonds is 1. The molecule has 3 rings (SSSR count). The maximum absolute atomic E-state index is 5.57. The van der Waals surface area contributed by atoms with Crippen molar-refractivity contribution in [2.45, 2.75) is 25.7 Å². The molecule has 2 aromatic rings. The van der Waals surface area contributed by atoms with Crippen LogP contribution in [-0.2, 0) is 12.8 Å². The zero-order valence-electron chi connectivity index (χ0n) is 8.93. The maximum Gasteiger partial charge on any atom is 0.235 e. The van der Waals surface area contributed by atoms with E-state index in [-0.39, 0.29) is 0 Å². The minimum Gasteiger partial charge on any atom is -0.396 e. The summed E-state index contributed by atoms with van der Waals surface area (Å²) in [6, 6.07) is 0. The van der Waals surface area contributed by atoms with Crippen molar-refractivity contribution in [3.63, 3.8) is 0 Å². The number of anilines is 1. The molecule has 0 fully saturated rings. The van der Waals surface area contributed by atoms with E-state index < -0.39 is 0 Å². The molecule has 5 heteroatoms. The lowest BCUT2D eigenvalue weighted by atomic mass is 10.0. The molecular formula is C11H13N5. The molecule has 0 unspecified atom stereocenters. The molecule has 0 spiro atoms. The first-order valence-corrected chi connectivity index (χ1v) is 5.47. The summed E-state index contributed by atoms with van der Waals surface area (Å²) in [7, 11) is 0. The molecule has 82 valence electrons. The van der Waals surface area contributed by atoms with Crippen LogP contribution in [0, 0.1) is 0 Å². The van der Waals surface area contributed by atoms with Crippen molar-refractivity contribution in [1.82, 2.24) is 19.5 Å². The van der Waals surface area contributed by atoms with Crippen LogP contribution in [0.25, 0.3) is 5.95 Å². The molecule has 2 N–H and O–H groups in total. The molecule has 2 heterocycles. The highest BCUT2D eigenvalue weighted by Gasteiger charge is 2.16. The van der Waals surface area contributed by atoms with Crippen LogP contribution in [0.3, 0.4) is 0 Å². The summed E-state index contributed by atoms with van der Waals surface area (Å²) in [5.74, 6) is 0.657. The molecule has 1 aliphatic rings. The Morgan fingerprint density at radius 1 is 1.06 bits per heavy atom. The molecular weight excluding hydrogens is 202 g/mol. The van der Waals surface area contributed by atoms with Gasteiger partial charge in [0.1, 0.15) is 6.33 Å². The van der Waals surface area contributed by atoms with E-state index in [9.17, 15) is 0 Å². The quantitative estimate of drug-likeness (QED) is 0.774. The molecule has 2 aromatic heterocycles. The lowest BCUT2D eigenvalue weighted by molar-refractivity contribution is 0.651. The summed E-state index contributed by atoms with van der Waals surface area (Å²) in [5, 5.41) is 0. The molecule has 1 aliphatic carbocycles. The van der Waals surface area contributed by atoms with Gasteiger partial charge in [-0.1, -0.05) is 0 Å². The standard InChI is InChI=1S/C11H13N5/c12-8-5-13-11(14-6-8)16-7-15-9-3-1-2-4-10(9)16/h5-7H,1-4,12H2. The Labute approximate surface area is 93.4 Å². The highest BCUT2D eigenvalue weighted by Crippen LogP contribution is 2.21. The normalized spacial score (nSPS) is 14.8. The molecule has 0 radical (unpaired) electrons. The summed E-state index contributed by atoms with van der Waals surface area (Å²) in [4.78, 5) is 12.8. The Kier molecular flexibility index (Phi) is 2.09. The number of hydrogen-bond donors (Lipinski definition) is 1. The fourth-order valence-electron chi connectivity index (χ4n) is 2.10. The van der Waals surface area contributed by atoms with Crippen molar-refractivity contribution in [2.24, 2.45) is 0 Å². The molecule has 16 heavy (non-hydrogen) atoms. The van der Waals surface area contributed by atoms with Gasteiger partial charge in [-0.25, -0.2) is 15.0 Å². The van der Waals surface area contributed by atoms with Crippen LogP contribution < -0.4 is 5.73 Å². The van der Waals surface area contributed by atoms with Crippen LogP contribution in [0.15, 0.2) is 18.7 Å². The number of nitrogens with two attached hydrogens (primary N) is 1. The fraction of sp³-hybridized carbons (Fsp3) is 0.364. The average molecular weight is 215 g/mol. The van der Waals surface area contributed by atoms with Gasteiger partial charge in [0.15, 0.2) is 0 Å². The monoisotopic (exact) mass is 215 g/mol. The molecule has 5 nitrogen and oxygen atoms in total. The van der Waals surface area contributed by atoms with Crippen molar-refractivity contribution in [2.75, 3.05) is 5.73 Å². The third-order valence-electron chi connectivity index (χ3n) is 2.90. The predicted octanol–water partition coefficient (Wildman–Crippen LogP) is 1.12. The van der Waals surface area contributed by atoms with Gasteiger partial charge in [-0.2, -0.15) is 0 Å². The van der Waals surface area contributed by atoms with Gasteiger partial charge in [-0.15, -0.1) is 0 Å². The van der Waals surface area contributed by atoms with Gasteiger partial charge in [0.25, 0.3) is 0 Å². The zero-order valence-corrected chi connectivity index (χ0v) is 8.93. The highest BCUT2D eigenvalue weighted by atomic mass is 15.2. The van der Waals surface area contributed by atoms with E-state index in [1.807, 2.05) is 10.9 Å². The van der Waals surface area contributed by atoms with Gasteiger partial charge in [0, 0.05) is 5.69 Å². The van der Waals surface area contributed by atoms with Crippen molar-refractivity contribution < 1.29 is 0 Å². The molecule has 0 amide bonds. The minimum atomic E-state index is 0.581. The SMILES string of the molecule is Nc1cnc(-n2cnc3c2CCCC3)nc1. The molecule has 0 aliphatic heterocycles. The summed E-state index contributed by atoms with van der Waals surface area (Å²) >= 11 is 0. The predicted molar refractivity (Wildman–Crippen MR) is 60.2 cm³/mol. The maximum atomic E-state index is 5.57. The van der Waals surface area contributed by atoms with Crippen molar-refractivity contribution in [3.05, 3.63) is 30.1 Å². The van der Waals surface area contributed by atoms with Crippen LogP contribution in [0.4, 0.5) is 5.69 Å². The molecule has 0 atom stereocenters. The Morgan fingerprint density at radius 3 is 2.62 bits per heavy atom. The highest BCUT2D eigenvalue weighted by molar-refractivity contribution is 5.33. The van der Waals surface area contributed by atoms with E-state index in [1.54, 1.807) is 12.4 Å². The van der Waals surface area contributed by atoms with Gasteiger partial charge >= 0.3 is 0 Å². The van der Waals surface area contributed by atoms with Gasteiger partial charge in [-0.05, 0) is 25.7 Å². The van der Waals surface area contributed by atoms with E-state index in [4.69, 9.17) is 5.73 Å². The minimum absolute atomic E-state index is 0.581. The van der Waals surface area contributed by atoms with Gasteiger partial charge in [-0.3, -0.25) is 4.57 Å². The number of aromatic nitrogens is 4. The number of fused-ring (bicyclic) bond motifs is 1. The first kappa shape index (κ1) is 9.33. The largest absolute Gasteiger partial charge is 0.396 e. The average Bonchev–Trinajstić information content (AvgIpc) is 2.74. The van der Waals surface area contributed by atoms with Crippen LogP contribution in [0.5, 0.6) is 0 Å². The second-order valence-corrected chi connectivity index (χ2v) is 4.03. The van der Waals surface area contributed by atoms with Gasteiger partial charge < -0.3 is 5.73 Å². The molecule has 0 aromatic carbocycles. The smallest absolute Gasteiger partial charge is 0.235 e. The van der Waals surface area contributed by atoms with Crippen LogP contribution >= 0.6 is 0 Å². The van der Waals surface area contributed by atoms with E-state index >= 15 is 0 Å². The van der Waals surface area contributed by atoms with E-state index in [0.717, 1.165) is 12.8 Å². The second kappa shape index (κ2) is 3.59. The Bertz CT molecular complexity index is 500.